The van der Waals surface area contributed by atoms with Crippen LogP contribution in [0.2, 0.25) is 0 Å². The van der Waals surface area contributed by atoms with Crippen molar-refractivity contribution in [3.63, 3.8) is 0 Å². The van der Waals surface area contributed by atoms with Crippen LogP contribution in [0, 0.1) is 0 Å². The molecule has 0 aliphatic carbocycles. The SMILES string of the molecule is Cn1c(=O)n(CC(=O)N[C@H]2CCN3CCCC[C@@H]23)c2ccccc21. The average Bonchev–Trinajstić information content (AvgIpc) is 3.11. The van der Waals surface area contributed by atoms with Gasteiger partial charge in [-0.1, -0.05) is 18.6 Å². The topological polar surface area (TPSA) is 59.3 Å². The Hall–Kier alpha value is -2.08. The molecule has 24 heavy (non-hydrogen) atoms. The Balaban J connectivity index is 1.51. The highest BCUT2D eigenvalue weighted by Gasteiger charge is 2.36. The predicted molar refractivity (Wildman–Crippen MR) is 92.9 cm³/mol. The van der Waals surface area contributed by atoms with Gasteiger partial charge in [0.2, 0.25) is 5.91 Å². The summed E-state index contributed by atoms with van der Waals surface area (Å²) in [7, 11) is 1.75. The van der Waals surface area contributed by atoms with Crippen molar-refractivity contribution >= 4 is 16.9 Å². The number of carbonyl (C=O) groups is 1. The van der Waals surface area contributed by atoms with E-state index in [2.05, 4.69) is 10.2 Å². The molecule has 2 atom stereocenters. The molecule has 4 rings (SSSR count). The maximum atomic E-state index is 12.5. The molecule has 2 fully saturated rings. The van der Waals surface area contributed by atoms with Gasteiger partial charge in [-0.15, -0.1) is 0 Å². The number of aromatic nitrogens is 2. The van der Waals surface area contributed by atoms with Crippen LogP contribution in [0.1, 0.15) is 25.7 Å². The first-order valence-corrected chi connectivity index (χ1v) is 8.83. The highest BCUT2D eigenvalue weighted by Crippen LogP contribution is 2.27. The minimum atomic E-state index is -0.142. The van der Waals surface area contributed by atoms with Crippen LogP contribution >= 0.6 is 0 Å². The largest absolute Gasteiger partial charge is 0.350 e. The number of carbonyl (C=O) groups excluding carboxylic acids is 1. The molecule has 1 amide bonds. The second-order valence-electron chi connectivity index (χ2n) is 6.98. The molecule has 3 heterocycles. The van der Waals surface area contributed by atoms with E-state index in [-0.39, 0.29) is 24.2 Å². The first-order valence-electron chi connectivity index (χ1n) is 8.83. The predicted octanol–water partition coefficient (Wildman–Crippen LogP) is 1.08. The quantitative estimate of drug-likeness (QED) is 0.917. The second-order valence-corrected chi connectivity index (χ2v) is 6.98. The zero-order chi connectivity index (χ0) is 16.7. The zero-order valence-electron chi connectivity index (χ0n) is 14.1. The van der Waals surface area contributed by atoms with Crippen LogP contribution in [0.5, 0.6) is 0 Å². The average molecular weight is 328 g/mol. The Kier molecular flexibility index (Phi) is 3.92. The highest BCUT2D eigenvalue weighted by atomic mass is 16.2. The van der Waals surface area contributed by atoms with Crippen LogP contribution in [-0.2, 0) is 18.4 Å². The van der Waals surface area contributed by atoms with Crippen LogP contribution in [0.4, 0.5) is 0 Å². The van der Waals surface area contributed by atoms with Crippen molar-refractivity contribution in [3.8, 4) is 0 Å². The van der Waals surface area contributed by atoms with Crippen molar-refractivity contribution in [2.45, 2.75) is 44.3 Å². The van der Waals surface area contributed by atoms with E-state index in [1.54, 1.807) is 16.2 Å². The number of rotatable bonds is 3. The first kappa shape index (κ1) is 15.4. The molecule has 2 aliphatic rings. The Morgan fingerprint density at radius 1 is 1.17 bits per heavy atom. The van der Waals surface area contributed by atoms with Gasteiger partial charge in [-0.3, -0.25) is 18.8 Å². The van der Waals surface area contributed by atoms with Gasteiger partial charge in [0.1, 0.15) is 6.54 Å². The number of fused-ring (bicyclic) bond motifs is 2. The molecular weight excluding hydrogens is 304 g/mol. The molecule has 6 nitrogen and oxygen atoms in total. The lowest BCUT2D eigenvalue weighted by Gasteiger charge is -2.32. The van der Waals surface area contributed by atoms with E-state index in [1.807, 2.05) is 24.3 Å². The van der Waals surface area contributed by atoms with E-state index in [0.29, 0.717) is 6.04 Å². The number of para-hydroxylation sites is 2. The molecule has 2 aromatic rings. The van der Waals surface area contributed by atoms with Gasteiger partial charge in [0.25, 0.3) is 0 Å². The van der Waals surface area contributed by atoms with Crippen molar-refractivity contribution in [3.05, 3.63) is 34.7 Å². The van der Waals surface area contributed by atoms with Crippen LogP contribution in [-0.4, -0.2) is 45.1 Å². The molecule has 2 aliphatic heterocycles. The lowest BCUT2D eigenvalue weighted by molar-refractivity contribution is -0.122. The Morgan fingerprint density at radius 3 is 2.79 bits per heavy atom. The highest BCUT2D eigenvalue weighted by molar-refractivity contribution is 5.81. The number of nitrogens with one attached hydrogen (secondary N) is 1. The smallest absolute Gasteiger partial charge is 0.329 e. The minimum absolute atomic E-state index is 0.0640. The van der Waals surface area contributed by atoms with Crippen LogP contribution in [0.25, 0.3) is 11.0 Å². The number of aryl methyl sites for hydroxylation is 1. The van der Waals surface area contributed by atoms with Crippen molar-refractivity contribution < 1.29 is 4.79 Å². The van der Waals surface area contributed by atoms with Gasteiger partial charge < -0.3 is 5.32 Å². The Labute approximate surface area is 141 Å². The fourth-order valence-electron chi connectivity index (χ4n) is 4.33. The number of amides is 1. The van der Waals surface area contributed by atoms with E-state index in [1.165, 1.54) is 19.3 Å². The van der Waals surface area contributed by atoms with Crippen LogP contribution < -0.4 is 11.0 Å². The molecule has 6 heteroatoms. The molecule has 128 valence electrons. The van der Waals surface area contributed by atoms with Crippen molar-refractivity contribution in [2.75, 3.05) is 13.1 Å². The maximum absolute atomic E-state index is 12.5. The molecule has 0 spiro atoms. The normalized spacial score (nSPS) is 24.2. The van der Waals surface area contributed by atoms with Gasteiger partial charge in [-0.05, 0) is 37.9 Å². The Bertz CT molecular complexity index is 822. The summed E-state index contributed by atoms with van der Waals surface area (Å²) >= 11 is 0. The molecule has 0 radical (unpaired) electrons. The number of hydrogen-bond acceptors (Lipinski definition) is 3. The molecular formula is C18H24N4O2. The number of nitrogens with zero attached hydrogens (tertiary/aromatic N) is 3. The molecule has 2 saturated heterocycles. The third-order valence-corrected chi connectivity index (χ3v) is 5.56. The molecule has 0 unspecified atom stereocenters. The van der Waals surface area contributed by atoms with Gasteiger partial charge in [0.05, 0.1) is 11.0 Å². The zero-order valence-corrected chi connectivity index (χ0v) is 14.1. The number of imidazole rings is 1. The molecule has 0 saturated carbocycles. The summed E-state index contributed by atoms with van der Waals surface area (Å²) in [5.41, 5.74) is 1.53. The maximum Gasteiger partial charge on any atom is 0.329 e. The van der Waals surface area contributed by atoms with Crippen LogP contribution in [0.15, 0.2) is 29.1 Å². The minimum Gasteiger partial charge on any atom is -0.350 e. The standard InChI is InChI=1S/C18H24N4O2/c1-20-15-7-2-3-8-16(15)22(18(20)24)12-17(23)19-13-9-11-21-10-5-4-6-14(13)21/h2-3,7-8,13-14H,4-6,9-12H2,1H3,(H,19,23)/t13-,14-/m0/s1. The van der Waals surface area contributed by atoms with Gasteiger partial charge in [0.15, 0.2) is 0 Å². The van der Waals surface area contributed by atoms with Gasteiger partial charge >= 0.3 is 5.69 Å². The summed E-state index contributed by atoms with van der Waals surface area (Å²) < 4.78 is 3.17. The monoisotopic (exact) mass is 328 g/mol. The summed E-state index contributed by atoms with van der Waals surface area (Å²) in [5.74, 6) is -0.0640. The van der Waals surface area contributed by atoms with Crippen molar-refractivity contribution in [2.24, 2.45) is 7.05 Å². The molecule has 1 aromatic carbocycles. The van der Waals surface area contributed by atoms with E-state index < -0.39 is 0 Å². The van der Waals surface area contributed by atoms with Gasteiger partial charge in [0, 0.05) is 25.7 Å². The second kappa shape index (κ2) is 6.09. The molecule has 1 aromatic heterocycles. The summed E-state index contributed by atoms with van der Waals surface area (Å²) in [6, 6.07) is 8.30. The third-order valence-electron chi connectivity index (χ3n) is 5.56. The lowest BCUT2D eigenvalue weighted by Crippen LogP contribution is -2.48. The first-order chi connectivity index (χ1) is 11.6. The fraction of sp³-hybridized carbons (Fsp3) is 0.556. The number of benzene rings is 1. The third kappa shape index (κ3) is 2.55. The summed E-state index contributed by atoms with van der Waals surface area (Å²) in [6.45, 7) is 2.31. The summed E-state index contributed by atoms with van der Waals surface area (Å²) in [6.07, 6.45) is 4.69. The fourth-order valence-corrected chi connectivity index (χ4v) is 4.33. The van der Waals surface area contributed by atoms with Gasteiger partial charge in [-0.25, -0.2) is 4.79 Å². The lowest BCUT2D eigenvalue weighted by atomic mass is 9.99. The van der Waals surface area contributed by atoms with Crippen molar-refractivity contribution in [1.82, 2.24) is 19.4 Å². The molecule has 0 bridgehead atoms. The molecule has 1 N–H and O–H groups in total. The number of hydrogen-bond donors (Lipinski definition) is 1. The summed E-state index contributed by atoms with van der Waals surface area (Å²) in [5, 5.41) is 3.18. The van der Waals surface area contributed by atoms with E-state index in [9.17, 15) is 9.59 Å². The van der Waals surface area contributed by atoms with Crippen molar-refractivity contribution in [1.29, 1.82) is 0 Å². The summed E-state index contributed by atoms with van der Waals surface area (Å²) in [4.78, 5) is 27.5. The Morgan fingerprint density at radius 2 is 1.96 bits per heavy atom. The van der Waals surface area contributed by atoms with E-state index >= 15 is 0 Å². The van der Waals surface area contributed by atoms with E-state index in [4.69, 9.17) is 0 Å². The van der Waals surface area contributed by atoms with Gasteiger partial charge in [-0.2, -0.15) is 0 Å². The number of piperidine rings is 1. The van der Waals surface area contributed by atoms with Crippen LogP contribution in [0.3, 0.4) is 0 Å². The van der Waals surface area contributed by atoms with E-state index in [0.717, 1.165) is 30.5 Å².